The molecule has 27 heavy (non-hydrogen) atoms. The normalized spacial score (nSPS) is 21.7. The second-order valence-electron chi connectivity index (χ2n) is 7.81. The van der Waals surface area contributed by atoms with E-state index in [9.17, 15) is 9.59 Å². The number of hydrogen-bond donors (Lipinski definition) is 2. The van der Waals surface area contributed by atoms with E-state index in [1.54, 1.807) is 4.90 Å². The van der Waals surface area contributed by atoms with E-state index in [0.717, 1.165) is 18.5 Å². The Morgan fingerprint density at radius 2 is 2.00 bits per heavy atom. The van der Waals surface area contributed by atoms with Crippen molar-refractivity contribution in [3.8, 4) is 0 Å². The van der Waals surface area contributed by atoms with Crippen molar-refractivity contribution in [2.24, 2.45) is 5.41 Å². The fraction of sp³-hybridized carbons (Fsp3) is 0.600. The third-order valence-electron chi connectivity index (χ3n) is 5.85. The number of rotatable bonds is 7. The summed E-state index contributed by atoms with van der Waals surface area (Å²) in [5.74, 6) is -0.345. The smallest absolute Gasteiger partial charge is 0.248 e. The van der Waals surface area contributed by atoms with Gasteiger partial charge in [0.05, 0.1) is 5.41 Å². The lowest BCUT2D eigenvalue weighted by molar-refractivity contribution is -0.155. The molecule has 1 aromatic rings. The number of nitrogens with zero attached hydrogens (tertiary/aromatic N) is 2. The molecule has 2 saturated heterocycles. The van der Waals surface area contributed by atoms with Crippen LogP contribution in [0.1, 0.15) is 24.8 Å². The van der Waals surface area contributed by atoms with Crippen LogP contribution in [-0.4, -0.2) is 72.6 Å². The van der Waals surface area contributed by atoms with Crippen molar-refractivity contribution in [2.75, 3.05) is 39.8 Å². The number of carbonyl (C=O) groups is 2. The van der Waals surface area contributed by atoms with Gasteiger partial charge in [-0.25, -0.2) is 0 Å². The molecule has 1 aromatic carbocycles. The average molecular weight is 394 g/mol. The predicted molar refractivity (Wildman–Crippen MR) is 105 cm³/mol. The highest BCUT2D eigenvalue weighted by atomic mass is 35.5. The molecule has 6 nitrogen and oxygen atoms in total. The zero-order valence-corrected chi connectivity index (χ0v) is 16.5. The maximum atomic E-state index is 13.0. The third-order valence-corrected chi connectivity index (χ3v) is 6.10. The van der Waals surface area contributed by atoms with Gasteiger partial charge in [0.25, 0.3) is 0 Å². The zero-order valence-electron chi connectivity index (χ0n) is 15.8. The van der Waals surface area contributed by atoms with Gasteiger partial charge in [0, 0.05) is 30.7 Å². The van der Waals surface area contributed by atoms with E-state index >= 15 is 0 Å². The van der Waals surface area contributed by atoms with Gasteiger partial charge >= 0.3 is 0 Å². The molecule has 2 fully saturated rings. The molecule has 2 aliphatic rings. The molecular weight excluding hydrogens is 366 g/mol. The summed E-state index contributed by atoms with van der Waals surface area (Å²) in [5.41, 5.74) is 0.376. The Morgan fingerprint density at radius 1 is 1.30 bits per heavy atom. The number of likely N-dealkylation sites (tertiary alicyclic amines) is 2. The first-order chi connectivity index (χ1) is 12.9. The number of aliphatic hydroxyl groups excluding tert-OH is 1. The molecule has 1 unspecified atom stereocenters. The van der Waals surface area contributed by atoms with E-state index < -0.39 is 12.0 Å². The van der Waals surface area contributed by atoms with E-state index in [4.69, 9.17) is 16.7 Å². The number of benzene rings is 1. The Bertz CT molecular complexity index is 674. The van der Waals surface area contributed by atoms with Gasteiger partial charge in [-0.1, -0.05) is 23.7 Å². The monoisotopic (exact) mass is 393 g/mol. The molecule has 148 valence electrons. The van der Waals surface area contributed by atoms with Crippen LogP contribution < -0.4 is 5.32 Å². The summed E-state index contributed by atoms with van der Waals surface area (Å²) in [7, 11) is 2.13. The van der Waals surface area contributed by atoms with Crippen LogP contribution in [0.2, 0.25) is 5.02 Å². The van der Waals surface area contributed by atoms with Crippen molar-refractivity contribution >= 4 is 23.4 Å². The molecule has 0 bridgehead atoms. The summed E-state index contributed by atoms with van der Waals surface area (Å²) in [6.07, 6.45) is 3.89. The summed E-state index contributed by atoms with van der Waals surface area (Å²) in [4.78, 5) is 28.6. The van der Waals surface area contributed by atoms with E-state index in [-0.39, 0.29) is 11.8 Å². The minimum atomic E-state index is -0.639. The molecule has 2 heterocycles. The molecule has 2 amide bonds. The van der Waals surface area contributed by atoms with Crippen molar-refractivity contribution < 1.29 is 14.7 Å². The Hall–Kier alpha value is -1.63. The van der Waals surface area contributed by atoms with Gasteiger partial charge in [0.2, 0.25) is 11.8 Å². The van der Waals surface area contributed by atoms with Gasteiger partial charge in [-0.15, -0.1) is 0 Å². The topological polar surface area (TPSA) is 72.9 Å². The van der Waals surface area contributed by atoms with Crippen molar-refractivity contribution in [3.05, 3.63) is 34.9 Å². The molecule has 1 atom stereocenters. The lowest BCUT2D eigenvalue weighted by Crippen LogP contribution is -2.66. The third kappa shape index (κ3) is 4.62. The molecule has 2 aliphatic heterocycles. The SMILES string of the molecule is CN1CCCC1CCNC(=O)C1(Cc2ccc(Cl)cc2)CN(C(=O)CO)C1. The first-order valence-electron chi connectivity index (χ1n) is 9.55. The average Bonchev–Trinajstić information content (AvgIpc) is 3.03. The van der Waals surface area contributed by atoms with Crippen molar-refractivity contribution in [2.45, 2.75) is 31.7 Å². The van der Waals surface area contributed by atoms with Crippen LogP contribution in [0.15, 0.2) is 24.3 Å². The van der Waals surface area contributed by atoms with Crippen LogP contribution in [0.5, 0.6) is 0 Å². The van der Waals surface area contributed by atoms with Gasteiger partial charge in [0.15, 0.2) is 0 Å². The van der Waals surface area contributed by atoms with Gasteiger partial charge in [-0.05, 0) is 57.0 Å². The summed E-state index contributed by atoms with van der Waals surface area (Å²) in [6.45, 7) is 1.92. The van der Waals surface area contributed by atoms with E-state index in [1.165, 1.54) is 12.8 Å². The standard InChI is InChI=1S/C20H28ClN3O3/c1-23-10-2-3-17(23)8-9-22-19(27)20(13-24(14-20)18(26)12-25)11-15-4-6-16(21)7-5-15/h4-7,17,25H,2-3,8-14H2,1H3,(H,22,27). The first-order valence-corrected chi connectivity index (χ1v) is 9.93. The molecule has 0 aliphatic carbocycles. The molecule has 3 rings (SSSR count). The van der Waals surface area contributed by atoms with Crippen LogP contribution in [0.25, 0.3) is 0 Å². The minimum absolute atomic E-state index is 0.0138. The van der Waals surface area contributed by atoms with Gasteiger partial charge < -0.3 is 20.2 Å². The highest BCUT2D eigenvalue weighted by molar-refractivity contribution is 6.30. The number of hydrogen-bond acceptors (Lipinski definition) is 4. The highest BCUT2D eigenvalue weighted by Crippen LogP contribution is 2.35. The highest BCUT2D eigenvalue weighted by Gasteiger charge is 2.50. The fourth-order valence-corrected chi connectivity index (χ4v) is 4.30. The minimum Gasteiger partial charge on any atom is -0.387 e. The second-order valence-corrected chi connectivity index (χ2v) is 8.25. The number of aliphatic hydroxyl groups is 1. The molecule has 2 N–H and O–H groups in total. The number of nitrogens with one attached hydrogen (secondary N) is 1. The maximum Gasteiger partial charge on any atom is 0.248 e. The van der Waals surface area contributed by atoms with E-state index in [1.807, 2.05) is 24.3 Å². The number of carbonyl (C=O) groups excluding carboxylic acids is 2. The fourth-order valence-electron chi connectivity index (χ4n) is 4.17. The van der Waals surface area contributed by atoms with Crippen LogP contribution in [0.3, 0.4) is 0 Å². The summed E-state index contributed by atoms with van der Waals surface area (Å²) < 4.78 is 0. The van der Waals surface area contributed by atoms with Crippen LogP contribution in [0, 0.1) is 5.41 Å². The molecule has 7 heteroatoms. The zero-order chi connectivity index (χ0) is 19.4. The number of halogens is 1. The molecule has 0 spiro atoms. The van der Waals surface area contributed by atoms with Crippen molar-refractivity contribution in [3.63, 3.8) is 0 Å². The summed E-state index contributed by atoms with van der Waals surface area (Å²) in [5, 5.41) is 12.8. The first kappa shape index (κ1) is 20.1. The Morgan fingerprint density at radius 3 is 2.59 bits per heavy atom. The quantitative estimate of drug-likeness (QED) is 0.732. The van der Waals surface area contributed by atoms with Crippen LogP contribution in [-0.2, 0) is 16.0 Å². The lowest BCUT2D eigenvalue weighted by atomic mass is 9.73. The molecule has 0 radical (unpaired) electrons. The Labute approximate surface area is 165 Å². The summed E-state index contributed by atoms with van der Waals surface area (Å²) >= 11 is 5.96. The second kappa shape index (κ2) is 8.59. The van der Waals surface area contributed by atoms with Gasteiger partial charge in [0.1, 0.15) is 6.61 Å². The molecule has 0 saturated carbocycles. The van der Waals surface area contributed by atoms with Gasteiger partial charge in [-0.3, -0.25) is 9.59 Å². The Balaban J connectivity index is 1.61. The predicted octanol–water partition coefficient (Wildman–Crippen LogP) is 1.30. The molecular formula is C20H28ClN3O3. The van der Waals surface area contributed by atoms with Crippen molar-refractivity contribution in [1.29, 1.82) is 0 Å². The van der Waals surface area contributed by atoms with Crippen LogP contribution >= 0.6 is 11.6 Å². The van der Waals surface area contributed by atoms with E-state index in [0.29, 0.717) is 37.1 Å². The molecule has 0 aromatic heterocycles. The lowest BCUT2D eigenvalue weighted by Gasteiger charge is -2.48. The Kier molecular flexibility index (Phi) is 6.40. The maximum absolute atomic E-state index is 13.0. The van der Waals surface area contributed by atoms with Crippen LogP contribution in [0.4, 0.5) is 0 Å². The van der Waals surface area contributed by atoms with Gasteiger partial charge in [-0.2, -0.15) is 0 Å². The largest absolute Gasteiger partial charge is 0.387 e. The van der Waals surface area contributed by atoms with E-state index in [2.05, 4.69) is 17.3 Å². The summed E-state index contributed by atoms with van der Waals surface area (Å²) in [6, 6.07) is 8.00. The number of amides is 2. The van der Waals surface area contributed by atoms with Crippen molar-refractivity contribution in [1.82, 2.24) is 15.1 Å².